The van der Waals surface area contributed by atoms with Gasteiger partial charge in [-0.3, -0.25) is 0 Å². The van der Waals surface area contributed by atoms with Crippen LogP contribution in [-0.4, -0.2) is 31.2 Å². The summed E-state index contributed by atoms with van der Waals surface area (Å²) >= 11 is 1.70. The summed E-state index contributed by atoms with van der Waals surface area (Å²) in [5, 5.41) is 6.58. The van der Waals surface area contributed by atoms with Gasteiger partial charge in [0.2, 0.25) is 0 Å². The van der Waals surface area contributed by atoms with Crippen molar-refractivity contribution in [2.24, 2.45) is 0 Å². The van der Waals surface area contributed by atoms with Gasteiger partial charge in [0.1, 0.15) is 0 Å². The van der Waals surface area contributed by atoms with Gasteiger partial charge in [-0.05, 0) is 6.92 Å². The molecular formula is C10H19N3S. The Balaban J connectivity index is 2.32. The van der Waals surface area contributed by atoms with E-state index in [1.807, 2.05) is 6.92 Å². The molecule has 0 aliphatic carbocycles. The molecule has 4 heteroatoms. The minimum atomic E-state index is 0.557. The monoisotopic (exact) mass is 213 g/mol. The lowest BCUT2D eigenvalue weighted by Crippen LogP contribution is -2.32. The Morgan fingerprint density at radius 1 is 1.57 bits per heavy atom. The van der Waals surface area contributed by atoms with Crippen molar-refractivity contribution in [3.63, 3.8) is 0 Å². The van der Waals surface area contributed by atoms with E-state index in [2.05, 4.69) is 41.5 Å². The van der Waals surface area contributed by atoms with Crippen LogP contribution in [0.25, 0.3) is 0 Å². The summed E-state index contributed by atoms with van der Waals surface area (Å²) in [5.41, 5.74) is 1.11. The molecule has 0 unspecified atom stereocenters. The second-order valence-corrected chi connectivity index (χ2v) is 4.64. The van der Waals surface area contributed by atoms with Gasteiger partial charge in [0.25, 0.3) is 0 Å². The van der Waals surface area contributed by atoms with Gasteiger partial charge in [0.05, 0.1) is 5.69 Å². The van der Waals surface area contributed by atoms with Crippen LogP contribution < -0.4 is 10.2 Å². The van der Waals surface area contributed by atoms with E-state index >= 15 is 0 Å². The van der Waals surface area contributed by atoms with Crippen LogP contribution in [0.2, 0.25) is 0 Å². The first-order valence-corrected chi connectivity index (χ1v) is 5.84. The van der Waals surface area contributed by atoms with Gasteiger partial charge in [0, 0.05) is 31.6 Å². The SMILES string of the molecule is Cc1csc(N(C)CCNC(C)C)n1. The predicted octanol–water partition coefficient (Wildman–Crippen LogP) is 1.89. The van der Waals surface area contributed by atoms with E-state index in [-0.39, 0.29) is 0 Å². The summed E-state index contributed by atoms with van der Waals surface area (Å²) in [5.74, 6) is 0. The summed E-state index contributed by atoms with van der Waals surface area (Å²) in [6, 6.07) is 0.557. The Bertz CT molecular complexity index is 270. The maximum absolute atomic E-state index is 4.43. The van der Waals surface area contributed by atoms with E-state index < -0.39 is 0 Å². The number of thiazole rings is 1. The molecular weight excluding hydrogens is 194 g/mol. The number of hydrogen-bond donors (Lipinski definition) is 1. The van der Waals surface area contributed by atoms with Crippen LogP contribution in [0.5, 0.6) is 0 Å². The Labute approximate surface area is 90.2 Å². The zero-order chi connectivity index (χ0) is 10.6. The molecule has 1 heterocycles. The average Bonchev–Trinajstić information content (AvgIpc) is 2.51. The number of anilines is 1. The van der Waals surface area contributed by atoms with Crippen molar-refractivity contribution in [3.05, 3.63) is 11.1 Å². The van der Waals surface area contributed by atoms with E-state index in [1.165, 1.54) is 0 Å². The van der Waals surface area contributed by atoms with E-state index in [0.29, 0.717) is 6.04 Å². The van der Waals surface area contributed by atoms with Gasteiger partial charge in [0.15, 0.2) is 5.13 Å². The maximum Gasteiger partial charge on any atom is 0.185 e. The average molecular weight is 213 g/mol. The maximum atomic E-state index is 4.43. The molecule has 0 aromatic carbocycles. The summed E-state index contributed by atoms with van der Waals surface area (Å²) in [7, 11) is 2.08. The highest BCUT2D eigenvalue weighted by atomic mass is 32.1. The van der Waals surface area contributed by atoms with Crippen molar-refractivity contribution < 1.29 is 0 Å². The fraction of sp³-hybridized carbons (Fsp3) is 0.700. The highest BCUT2D eigenvalue weighted by Crippen LogP contribution is 2.17. The van der Waals surface area contributed by atoms with Crippen LogP contribution in [0.4, 0.5) is 5.13 Å². The fourth-order valence-electron chi connectivity index (χ4n) is 1.13. The first kappa shape index (κ1) is 11.5. The molecule has 0 saturated carbocycles. The number of likely N-dealkylation sites (N-methyl/N-ethyl adjacent to an activating group) is 1. The summed E-state index contributed by atoms with van der Waals surface area (Å²) in [6.45, 7) is 8.36. The van der Waals surface area contributed by atoms with Crippen molar-refractivity contribution in [2.75, 3.05) is 25.0 Å². The molecule has 0 bridgehead atoms. The highest BCUT2D eigenvalue weighted by molar-refractivity contribution is 7.13. The molecule has 3 nitrogen and oxygen atoms in total. The fourth-order valence-corrected chi connectivity index (χ4v) is 1.93. The standard InChI is InChI=1S/C10H19N3S/c1-8(2)11-5-6-13(4)10-12-9(3)7-14-10/h7-8,11H,5-6H2,1-4H3. The van der Waals surface area contributed by atoms with E-state index in [4.69, 9.17) is 0 Å². The van der Waals surface area contributed by atoms with Gasteiger partial charge in [-0.2, -0.15) is 0 Å². The third kappa shape index (κ3) is 3.64. The molecule has 0 saturated heterocycles. The quantitative estimate of drug-likeness (QED) is 0.809. The number of rotatable bonds is 5. The van der Waals surface area contributed by atoms with Crippen LogP contribution in [0, 0.1) is 6.92 Å². The van der Waals surface area contributed by atoms with Crippen molar-refractivity contribution in [1.82, 2.24) is 10.3 Å². The molecule has 1 aromatic rings. The molecule has 0 radical (unpaired) electrons. The second-order valence-electron chi connectivity index (χ2n) is 3.80. The number of hydrogen-bond acceptors (Lipinski definition) is 4. The summed E-state index contributed by atoms with van der Waals surface area (Å²) in [4.78, 5) is 6.61. The number of aromatic nitrogens is 1. The summed E-state index contributed by atoms with van der Waals surface area (Å²) < 4.78 is 0. The van der Waals surface area contributed by atoms with Crippen molar-refractivity contribution in [2.45, 2.75) is 26.8 Å². The van der Waals surface area contributed by atoms with E-state index in [0.717, 1.165) is 23.9 Å². The van der Waals surface area contributed by atoms with Crippen molar-refractivity contribution >= 4 is 16.5 Å². The first-order chi connectivity index (χ1) is 6.59. The van der Waals surface area contributed by atoms with Crippen LogP contribution >= 0.6 is 11.3 Å². The third-order valence-corrected chi connectivity index (χ3v) is 3.01. The Morgan fingerprint density at radius 3 is 2.79 bits per heavy atom. The topological polar surface area (TPSA) is 28.2 Å². The normalized spacial score (nSPS) is 10.9. The zero-order valence-electron chi connectivity index (χ0n) is 9.37. The van der Waals surface area contributed by atoms with Gasteiger partial charge in [-0.25, -0.2) is 4.98 Å². The van der Waals surface area contributed by atoms with Crippen LogP contribution in [-0.2, 0) is 0 Å². The van der Waals surface area contributed by atoms with Gasteiger partial charge in [-0.15, -0.1) is 11.3 Å². The molecule has 0 fully saturated rings. The van der Waals surface area contributed by atoms with Crippen LogP contribution in [0.1, 0.15) is 19.5 Å². The number of nitrogens with zero attached hydrogens (tertiary/aromatic N) is 2. The van der Waals surface area contributed by atoms with E-state index in [9.17, 15) is 0 Å². The van der Waals surface area contributed by atoms with Crippen molar-refractivity contribution in [1.29, 1.82) is 0 Å². The van der Waals surface area contributed by atoms with Gasteiger partial charge < -0.3 is 10.2 Å². The largest absolute Gasteiger partial charge is 0.350 e. The predicted molar refractivity (Wildman–Crippen MR) is 63.3 cm³/mol. The molecule has 1 aromatic heterocycles. The Kier molecular flexibility index (Phi) is 4.35. The molecule has 0 aliphatic heterocycles. The minimum absolute atomic E-state index is 0.557. The molecule has 14 heavy (non-hydrogen) atoms. The van der Waals surface area contributed by atoms with E-state index in [1.54, 1.807) is 11.3 Å². The summed E-state index contributed by atoms with van der Waals surface area (Å²) in [6.07, 6.45) is 0. The highest BCUT2D eigenvalue weighted by Gasteiger charge is 2.04. The molecule has 0 amide bonds. The Hall–Kier alpha value is -0.610. The lowest BCUT2D eigenvalue weighted by Gasteiger charge is -2.17. The zero-order valence-corrected chi connectivity index (χ0v) is 10.2. The molecule has 0 atom stereocenters. The van der Waals surface area contributed by atoms with Crippen LogP contribution in [0.3, 0.4) is 0 Å². The molecule has 1 rings (SSSR count). The second kappa shape index (κ2) is 5.32. The Morgan fingerprint density at radius 2 is 2.29 bits per heavy atom. The number of aryl methyl sites for hydroxylation is 1. The molecule has 80 valence electrons. The van der Waals surface area contributed by atoms with Gasteiger partial charge >= 0.3 is 0 Å². The molecule has 0 spiro atoms. The van der Waals surface area contributed by atoms with Gasteiger partial charge in [-0.1, -0.05) is 13.8 Å². The van der Waals surface area contributed by atoms with Crippen LogP contribution in [0.15, 0.2) is 5.38 Å². The lowest BCUT2D eigenvalue weighted by molar-refractivity contribution is 0.589. The number of nitrogens with one attached hydrogen (secondary N) is 1. The minimum Gasteiger partial charge on any atom is -0.350 e. The molecule has 1 N–H and O–H groups in total. The third-order valence-electron chi connectivity index (χ3n) is 1.93. The lowest BCUT2D eigenvalue weighted by atomic mass is 10.4. The molecule has 0 aliphatic rings. The smallest absolute Gasteiger partial charge is 0.185 e. The van der Waals surface area contributed by atoms with Crippen molar-refractivity contribution in [3.8, 4) is 0 Å². The first-order valence-electron chi connectivity index (χ1n) is 4.96.